The fraction of sp³-hybridized carbons (Fsp3) is 0.556. The van der Waals surface area contributed by atoms with Gasteiger partial charge in [0.15, 0.2) is 11.9 Å². The van der Waals surface area contributed by atoms with Crippen LogP contribution in [0.15, 0.2) is 36.7 Å². The van der Waals surface area contributed by atoms with Crippen LogP contribution in [-0.4, -0.2) is 28.0 Å². The number of aryl methyl sites for hydroxylation is 1. The third-order valence-electron chi connectivity index (χ3n) is 6.11. The average Bonchev–Trinajstić information content (AvgIpc) is 3.21. The minimum atomic E-state index is -0.818. The Kier molecular flexibility index (Phi) is 9.85. The van der Waals surface area contributed by atoms with Crippen LogP contribution < -0.4 is 4.74 Å². The molecule has 1 aromatic heterocycles. The summed E-state index contributed by atoms with van der Waals surface area (Å²) in [5.74, 6) is 0.0360. The summed E-state index contributed by atoms with van der Waals surface area (Å²) < 4.78 is 10.7. The lowest BCUT2D eigenvalue weighted by Gasteiger charge is -2.09. The number of cyclic esters (lactones) is 1. The van der Waals surface area contributed by atoms with Crippen molar-refractivity contribution in [3.8, 4) is 17.1 Å². The van der Waals surface area contributed by atoms with Gasteiger partial charge in [0.05, 0.1) is 5.92 Å². The summed E-state index contributed by atoms with van der Waals surface area (Å²) in [5, 5.41) is 0. The molecular weight excluding hydrogens is 416 g/mol. The molecule has 0 spiro atoms. The van der Waals surface area contributed by atoms with Gasteiger partial charge in [-0.05, 0) is 49.1 Å². The summed E-state index contributed by atoms with van der Waals surface area (Å²) >= 11 is 0. The van der Waals surface area contributed by atoms with Crippen LogP contribution in [0.5, 0.6) is 5.75 Å². The third-order valence-corrected chi connectivity index (χ3v) is 6.11. The van der Waals surface area contributed by atoms with E-state index in [0.717, 1.165) is 36.8 Å². The topological polar surface area (TPSA) is 78.4 Å². The van der Waals surface area contributed by atoms with Crippen LogP contribution in [0, 0.1) is 5.92 Å². The minimum absolute atomic E-state index is 0.203. The molecule has 0 amide bonds. The van der Waals surface area contributed by atoms with Crippen molar-refractivity contribution in [3.63, 3.8) is 0 Å². The highest BCUT2D eigenvalue weighted by Crippen LogP contribution is 2.27. The van der Waals surface area contributed by atoms with E-state index in [-0.39, 0.29) is 11.9 Å². The zero-order valence-corrected chi connectivity index (χ0v) is 19.9. The highest BCUT2D eigenvalue weighted by atomic mass is 16.6. The number of hydrogen-bond acceptors (Lipinski definition) is 6. The van der Waals surface area contributed by atoms with E-state index in [2.05, 4.69) is 23.8 Å². The fourth-order valence-corrected chi connectivity index (χ4v) is 4.07. The number of nitrogens with zero attached hydrogens (tertiary/aromatic N) is 2. The maximum atomic E-state index is 12.4. The summed E-state index contributed by atoms with van der Waals surface area (Å²) in [5.41, 5.74) is 2.01. The van der Waals surface area contributed by atoms with Crippen LogP contribution in [0.4, 0.5) is 0 Å². The Bertz CT molecular complexity index is 880. The second-order valence-electron chi connectivity index (χ2n) is 8.88. The molecule has 1 aromatic carbocycles. The summed E-state index contributed by atoms with van der Waals surface area (Å²) in [6.45, 7) is 4.31. The lowest BCUT2D eigenvalue weighted by molar-refractivity contribution is -0.156. The number of ether oxygens (including phenoxy) is 2. The molecule has 33 heavy (non-hydrogen) atoms. The predicted octanol–water partition coefficient (Wildman–Crippen LogP) is 6.07. The van der Waals surface area contributed by atoms with Gasteiger partial charge in [0.1, 0.15) is 5.75 Å². The van der Waals surface area contributed by atoms with Crippen LogP contribution in [0.25, 0.3) is 11.4 Å². The second-order valence-corrected chi connectivity index (χ2v) is 8.88. The number of hydrogen-bond donors (Lipinski definition) is 0. The van der Waals surface area contributed by atoms with Crippen LogP contribution in [0.3, 0.4) is 0 Å². The van der Waals surface area contributed by atoms with E-state index < -0.39 is 12.1 Å². The lowest BCUT2D eigenvalue weighted by Crippen LogP contribution is -2.25. The first kappa shape index (κ1) is 24.9. The van der Waals surface area contributed by atoms with Crippen molar-refractivity contribution in [1.29, 1.82) is 0 Å². The molecule has 1 aliphatic heterocycles. The van der Waals surface area contributed by atoms with E-state index in [0.29, 0.717) is 18.0 Å². The van der Waals surface area contributed by atoms with Gasteiger partial charge in [-0.15, -0.1) is 0 Å². The highest BCUT2D eigenvalue weighted by Gasteiger charge is 2.39. The van der Waals surface area contributed by atoms with Crippen molar-refractivity contribution in [2.24, 2.45) is 5.92 Å². The monoisotopic (exact) mass is 452 g/mol. The zero-order chi connectivity index (χ0) is 23.5. The second kappa shape index (κ2) is 13.1. The average molecular weight is 453 g/mol. The molecule has 1 unspecified atom stereocenters. The number of carbonyl (C=O) groups excluding carboxylic acids is 2. The van der Waals surface area contributed by atoms with Gasteiger partial charge in [-0.3, -0.25) is 4.79 Å². The molecule has 2 atom stereocenters. The molecule has 6 heteroatoms. The summed E-state index contributed by atoms with van der Waals surface area (Å²) in [7, 11) is 0. The maximum Gasteiger partial charge on any atom is 0.352 e. The van der Waals surface area contributed by atoms with Gasteiger partial charge >= 0.3 is 11.9 Å². The van der Waals surface area contributed by atoms with Gasteiger partial charge in [-0.25, -0.2) is 14.8 Å². The van der Waals surface area contributed by atoms with Crippen LogP contribution in [0.2, 0.25) is 0 Å². The summed E-state index contributed by atoms with van der Waals surface area (Å²) in [4.78, 5) is 33.3. The predicted molar refractivity (Wildman–Crippen MR) is 128 cm³/mol. The number of rotatable bonds is 13. The van der Waals surface area contributed by atoms with Crippen molar-refractivity contribution >= 4 is 11.9 Å². The Balaban J connectivity index is 1.47. The van der Waals surface area contributed by atoms with Gasteiger partial charge in [-0.2, -0.15) is 0 Å². The van der Waals surface area contributed by atoms with Crippen molar-refractivity contribution in [2.75, 3.05) is 0 Å². The van der Waals surface area contributed by atoms with E-state index in [1.165, 1.54) is 38.5 Å². The molecule has 1 fully saturated rings. The molecule has 0 bridgehead atoms. The number of unbranched alkanes of at least 4 members (excludes halogenated alkanes) is 6. The highest BCUT2D eigenvalue weighted by molar-refractivity contribution is 5.85. The number of aromatic nitrogens is 2. The quantitative estimate of drug-likeness (QED) is 0.208. The summed E-state index contributed by atoms with van der Waals surface area (Å²) in [6, 6.07) is 7.09. The first-order valence-electron chi connectivity index (χ1n) is 12.4. The van der Waals surface area contributed by atoms with Gasteiger partial charge in [-0.1, -0.05) is 58.8 Å². The largest absolute Gasteiger partial charge is 0.450 e. The molecule has 0 N–H and O–H groups in total. The lowest BCUT2D eigenvalue weighted by atomic mass is 9.98. The van der Waals surface area contributed by atoms with Crippen molar-refractivity contribution in [1.82, 2.24) is 9.97 Å². The third kappa shape index (κ3) is 7.65. The summed E-state index contributed by atoms with van der Waals surface area (Å²) in [6.07, 6.45) is 14.7. The Morgan fingerprint density at radius 1 is 0.970 bits per heavy atom. The molecule has 2 aromatic rings. The first-order valence-corrected chi connectivity index (χ1v) is 12.4. The van der Waals surface area contributed by atoms with E-state index in [1.54, 1.807) is 12.1 Å². The Morgan fingerprint density at radius 2 is 1.64 bits per heavy atom. The normalized spacial score (nSPS) is 17.7. The molecule has 6 nitrogen and oxygen atoms in total. The molecule has 2 heterocycles. The fourth-order valence-electron chi connectivity index (χ4n) is 4.07. The molecule has 0 radical (unpaired) electrons. The molecule has 1 saturated heterocycles. The van der Waals surface area contributed by atoms with Crippen molar-refractivity contribution < 1.29 is 19.1 Å². The van der Waals surface area contributed by atoms with Crippen LogP contribution >= 0.6 is 0 Å². The van der Waals surface area contributed by atoms with E-state index >= 15 is 0 Å². The Labute approximate surface area is 197 Å². The van der Waals surface area contributed by atoms with Gasteiger partial charge in [0.25, 0.3) is 0 Å². The van der Waals surface area contributed by atoms with Gasteiger partial charge < -0.3 is 9.47 Å². The van der Waals surface area contributed by atoms with Crippen LogP contribution in [0.1, 0.15) is 83.6 Å². The van der Waals surface area contributed by atoms with E-state index in [4.69, 9.17) is 9.47 Å². The zero-order valence-electron chi connectivity index (χ0n) is 19.9. The van der Waals surface area contributed by atoms with E-state index in [9.17, 15) is 9.59 Å². The van der Waals surface area contributed by atoms with E-state index in [1.807, 2.05) is 24.5 Å². The smallest absolute Gasteiger partial charge is 0.352 e. The standard InChI is InChI=1S/C27H36N2O4/c1-3-5-7-8-9-10-11-20-18-28-25(29-19-20)21-13-15-23(16-14-21)32-27(31)24-17-22(12-6-4-2)26(30)33-24/h13-16,18-19,22,24H,3-12,17H2,1-2H3/t22?,24-/m0/s1. The number of esters is 2. The first-order chi connectivity index (χ1) is 16.1. The van der Waals surface area contributed by atoms with Crippen LogP contribution in [-0.2, 0) is 20.7 Å². The van der Waals surface area contributed by atoms with Gasteiger partial charge in [0, 0.05) is 24.4 Å². The minimum Gasteiger partial charge on any atom is -0.450 e. The number of benzene rings is 1. The molecule has 1 aliphatic rings. The molecule has 3 rings (SSSR count). The van der Waals surface area contributed by atoms with Crippen molar-refractivity contribution in [2.45, 2.75) is 90.6 Å². The molecule has 0 aliphatic carbocycles. The molecule has 178 valence electrons. The molecule has 0 saturated carbocycles. The molecular formula is C27H36N2O4. The SMILES string of the molecule is CCCCCCCCc1cnc(-c2ccc(OC(=O)[C@@H]3CC(CCCC)C(=O)O3)cc2)nc1. The Morgan fingerprint density at radius 3 is 2.33 bits per heavy atom. The van der Waals surface area contributed by atoms with Gasteiger partial charge in [0.2, 0.25) is 0 Å². The number of carbonyl (C=O) groups is 2. The van der Waals surface area contributed by atoms with Crippen molar-refractivity contribution in [3.05, 3.63) is 42.2 Å². The maximum absolute atomic E-state index is 12.4. The Hall–Kier alpha value is -2.76.